The van der Waals surface area contributed by atoms with Gasteiger partial charge in [-0.25, -0.2) is 4.39 Å². The van der Waals surface area contributed by atoms with E-state index < -0.39 is 5.82 Å². The maximum Gasteiger partial charge on any atom is 0.142 e. The third-order valence-electron chi connectivity index (χ3n) is 2.52. The lowest BCUT2D eigenvalue weighted by molar-refractivity contribution is -0.121. The van der Waals surface area contributed by atoms with Crippen LogP contribution in [-0.2, 0) is 11.2 Å². The van der Waals surface area contributed by atoms with Crippen molar-refractivity contribution in [1.29, 1.82) is 0 Å². The Bertz CT molecular complexity index is 363. The second-order valence-electron chi connectivity index (χ2n) is 3.70. The molecule has 0 heterocycles. The van der Waals surface area contributed by atoms with Crippen LogP contribution in [0.5, 0.6) is 0 Å². The van der Waals surface area contributed by atoms with Crippen LogP contribution in [0.2, 0.25) is 5.02 Å². The second kappa shape index (κ2) is 5.26. The number of carbonyl (C=O) groups is 1. The highest BCUT2D eigenvalue weighted by atomic mass is 35.5. The van der Waals surface area contributed by atoms with Crippen molar-refractivity contribution in [3.63, 3.8) is 0 Å². The highest BCUT2D eigenvalue weighted by Crippen LogP contribution is 2.17. The van der Waals surface area contributed by atoms with Crippen molar-refractivity contribution in [2.24, 2.45) is 5.92 Å². The molecule has 0 amide bonds. The van der Waals surface area contributed by atoms with E-state index in [1.54, 1.807) is 6.07 Å². The molecule has 82 valence electrons. The van der Waals surface area contributed by atoms with Crippen molar-refractivity contribution in [2.75, 3.05) is 0 Å². The Labute approximate surface area is 94.3 Å². The molecule has 1 nitrogen and oxygen atoms in total. The lowest BCUT2D eigenvalue weighted by atomic mass is 9.97. The molecule has 0 bridgehead atoms. The Kier molecular flexibility index (Phi) is 4.28. The van der Waals surface area contributed by atoms with Gasteiger partial charge in [-0.05, 0) is 24.1 Å². The molecule has 0 radical (unpaired) electrons. The van der Waals surface area contributed by atoms with Gasteiger partial charge >= 0.3 is 0 Å². The van der Waals surface area contributed by atoms with Gasteiger partial charge in [0.2, 0.25) is 0 Å². The number of benzene rings is 1. The molecule has 0 fully saturated rings. The van der Waals surface area contributed by atoms with Crippen molar-refractivity contribution in [2.45, 2.75) is 26.7 Å². The summed E-state index contributed by atoms with van der Waals surface area (Å²) in [5.74, 6) is -0.297. The summed E-state index contributed by atoms with van der Waals surface area (Å²) in [6, 6.07) is 4.49. The van der Waals surface area contributed by atoms with Crippen LogP contribution in [0.4, 0.5) is 4.39 Å². The van der Waals surface area contributed by atoms with Gasteiger partial charge in [0.1, 0.15) is 11.6 Å². The number of carbonyl (C=O) groups excluding carboxylic acids is 1. The number of hydrogen-bond acceptors (Lipinski definition) is 1. The van der Waals surface area contributed by atoms with Gasteiger partial charge in [-0.15, -0.1) is 0 Å². The number of ketones is 1. The van der Waals surface area contributed by atoms with Gasteiger partial charge in [0.05, 0.1) is 5.02 Å². The molecule has 1 aromatic carbocycles. The Balaban J connectivity index is 2.73. The van der Waals surface area contributed by atoms with Crippen LogP contribution in [-0.4, -0.2) is 5.78 Å². The smallest absolute Gasteiger partial charge is 0.142 e. The molecular formula is C12H14ClFO. The molecule has 1 aromatic rings. The lowest BCUT2D eigenvalue weighted by Crippen LogP contribution is -2.12. The van der Waals surface area contributed by atoms with E-state index in [9.17, 15) is 9.18 Å². The van der Waals surface area contributed by atoms with Crippen LogP contribution in [0.3, 0.4) is 0 Å². The highest BCUT2D eigenvalue weighted by molar-refractivity contribution is 6.30. The quantitative estimate of drug-likeness (QED) is 0.769. The molecule has 0 aliphatic heterocycles. The van der Waals surface area contributed by atoms with Gasteiger partial charge in [0.15, 0.2) is 0 Å². The van der Waals surface area contributed by atoms with E-state index in [0.717, 1.165) is 6.42 Å². The summed E-state index contributed by atoms with van der Waals surface area (Å²) in [4.78, 5) is 11.6. The number of Topliss-reactive ketones (excluding diaryl/α,β-unsaturated/α-hetero) is 1. The maximum absolute atomic E-state index is 13.1. The summed E-state index contributed by atoms with van der Waals surface area (Å²) in [6.45, 7) is 3.85. The molecule has 3 heteroatoms. The van der Waals surface area contributed by atoms with Gasteiger partial charge in [0, 0.05) is 12.3 Å². The van der Waals surface area contributed by atoms with Crippen molar-refractivity contribution in [1.82, 2.24) is 0 Å². The van der Waals surface area contributed by atoms with Gasteiger partial charge in [0.25, 0.3) is 0 Å². The molecule has 0 aliphatic rings. The number of hydrogen-bond donors (Lipinski definition) is 0. The fourth-order valence-electron chi connectivity index (χ4n) is 1.25. The first-order valence-electron chi connectivity index (χ1n) is 5.01. The molecule has 1 atom stereocenters. The average Bonchev–Trinajstić information content (AvgIpc) is 2.22. The Morgan fingerprint density at radius 1 is 1.53 bits per heavy atom. The molecule has 0 N–H and O–H groups in total. The second-order valence-corrected chi connectivity index (χ2v) is 4.11. The molecule has 0 aliphatic carbocycles. The number of rotatable bonds is 4. The summed E-state index contributed by atoms with van der Waals surface area (Å²) < 4.78 is 13.1. The van der Waals surface area contributed by atoms with Gasteiger partial charge < -0.3 is 0 Å². The van der Waals surface area contributed by atoms with Crippen molar-refractivity contribution < 1.29 is 9.18 Å². The molecule has 15 heavy (non-hydrogen) atoms. The molecule has 0 aromatic heterocycles. The summed E-state index contributed by atoms with van der Waals surface area (Å²) >= 11 is 5.55. The SMILES string of the molecule is CCC(C)C(=O)Cc1ccc(Cl)c(F)c1. The average molecular weight is 229 g/mol. The predicted octanol–water partition coefficient (Wildman–Crippen LogP) is 3.64. The molecular weight excluding hydrogens is 215 g/mol. The fourth-order valence-corrected chi connectivity index (χ4v) is 1.37. The zero-order chi connectivity index (χ0) is 11.4. The predicted molar refractivity (Wildman–Crippen MR) is 59.6 cm³/mol. The van der Waals surface area contributed by atoms with Crippen LogP contribution in [0.15, 0.2) is 18.2 Å². The minimum atomic E-state index is -0.467. The first-order chi connectivity index (χ1) is 7.04. The van der Waals surface area contributed by atoms with Crippen LogP contribution < -0.4 is 0 Å². The summed E-state index contributed by atoms with van der Waals surface area (Å²) in [5, 5.41) is 0.0924. The van der Waals surface area contributed by atoms with E-state index in [4.69, 9.17) is 11.6 Å². The van der Waals surface area contributed by atoms with Crippen LogP contribution in [0.25, 0.3) is 0 Å². The van der Waals surface area contributed by atoms with Crippen molar-refractivity contribution >= 4 is 17.4 Å². The summed E-state index contributed by atoms with van der Waals surface area (Å²) in [5.41, 5.74) is 0.683. The minimum Gasteiger partial charge on any atom is -0.299 e. The monoisotopic (exact) mass is 228 g/mol. The van der Waals surface area contributed by atoms with E-state index in [2.05, 4.69) is 0 Å². The zero-order valence-corrected chi connectivity index (χ0v) is 9.64. The molecule has 0 saturated heterocycles. The molecule has 1 unspecified atom stereocenters. The first-order valence-corrected chi connectivity index (χ1v) is 5.39. The Morgan fingerprint density at radius 2 is 2.20 bits per heavy atom. The number of halogens is 2. The van der Waals surface area contributed by atoms with Crippen LogP contribution >= 0.6 is 11.6 Å². The summed E-state index contributed by atoms with van der Waals surface area (Å²) in [7, 11) is 0. The van der Waals surface area contributed by atoms with Crippen molar-refractivity contribution in [3.05, 3.63) is 34.6 Å². The van der Waals surface area contributed by atoms with Gasteiger partial charge in [-0.3, -0.25) is 4.79 Å². The zero-order valence-electron chi connectivity index (χ0n) is 8.89. The van der Waals surface area contributed by atoms with Gasteiger partial charge in [-0.1, -0.05) is 31.5 Å². The molecule has 1 rings (SSSR count). The normalized spacial score (nSPS) is 12.5. The third-order valence-corrected chi connectivity index (χ3v) is 2.83. The minimum absolute atomic E-state index is 0.0312. The topological polar surface area (TPSA) is 17.1 Å². The van der Waals surface area contributed by atoms with E-state index >= 15 is 0 Å². The van der Waals surface area contributed by atoms with E-state index in [-0.39, 0.29) is 23.1 Å². The largest absolute Gasteiger partial charge is 0.299 e. The summed E-state index contributed by atoms with van der Waals surface area (Å²) in [6.07, 6.45) is 1.10. The van der Waals surface area contributed by atoms with E-state index in [1.807, 2.05) is 13.8 Å². The Morgan fingerprint density at radius 3 is 2.73 bits per heavy atom. The van der Waals surface area contributed by atoms with Crippen LogP contribution in [0, 0.1) is 11.7 Å². The standard InChI is InChI=1S/C12H14ClFO/c1-3-8(2)12(15)7-9-4-5-10(13)11(14)6-9/h4-6,8H,3,7H2,1-2H3. The Hall–Kier alpha value is -0.890. The fraction of sp³-hybridized carbons (Fsp3) is 0.417. The van der Waals surface area contributed by atoms with E-state index in [0.29, 0.717) is 5.56 Å². The molecule has 0 spiro atoms. The molecule has 0 saturated carbocycles. The van der Waals surface area contributed by atoms with Crippen molar-refractivity contribution in [3.8, 4) is 0 Å². The van der Waals surface area contributed by atoms with E-state index in [1.165, 1.54) is 12.1 Å². The maximum atomic E-state index is 13.1. The lowest BCUT2D eigenvalue weighted by Gasteiger charge is -2.07. The van der Waals surface area contributed by atoms with Gasteiger partial charge in [-0.2, -0.15) is 0 Å². The van der Waals surface area contributed by atoms with Crippen LogP contribution in [0.1, 0.15) is 25.8 Å². The first kappa shape index (κ1) is 12.2. The third kappa shape index (κ3) is 3.31. The highest BCUT2D eigenvalue weighted by Gasteiger charge is 2.12.